The van der Waals surface area contributed by atoms with Crippen LogP contribution in [0.4, 0.5) is 13.2 Å². The van der Waals surface area contributed by atoms with Crippen LogP contribution in [-0.4, -0.2) is 67.1 Å². The molecule has 1 aromatic rings. The fraction of sp³-hybridized carbons (Fsp3) is 0.714. The van der Waals surface area contributed by atoms with E-state index in [1.807, 2.05) is 19.9 Å². The van der Waals surface area contributed by atoms with Crippen LogP contribution in [0.2, 0.25) is 0 Å². The van der Waals surface area contributed by atoms with E-state index in [9.17, 15) is 27.9 Å². The van der Waals surface area contributed by atoms with Crippen molar-refractivity contribution in [2.45, 2.75) is 88.4 Å². The quantitative estimate of drug-likeness (QED) is 0.345. The lowest BCUT2D eigenvalue weighted by molar-refractivity contribution is -0.376. The Balaban J connectivity index is 1.26. The van der Waals surface area contributed by atoms with Gasteiger partial charge in [0.05, 0.1) is 11.7 Å². The zero-order valence-corrected chi connectivity index (χ0v) is 27.0. The maximum atomic E-state index is 14.7. The van der Waals surface area contributed by atoms with Gasteiger partial charge in [-0.2, -0.15) is 13.2 Å². The summed E-state index contributed by atoms with van der Waals surface area (Å²) in [6.45, 7) is 7.83. The SMILES string of the molecule is CO[C@]12O[C@]3(C)CC[C@@H](OC(=O)[C@@H]1[C@H]1C[C@H]4[C@H](C(C)=C[C@H]5[C@@H](OC(=O)[C@@](OC)(c6ccccc6)C(F)(F)F)[C@H](C)[C@@H](O)[C@@H]54)[C@H]13)[C@H]2C. The van der Waals surface area contributed by atoms with Crippen LogP contribution in [0.15, 0.2) is 42.0 Å². The summed E-state index contributed by atoms with van der Waals surface area (Å²) in [6, 6.07) is 6.75. The highest BCUT2D eigenvalue weighted by Crippen LogP contribution is 2.69. The van der Waals surface area contributed by atoms with Crippen LogP contribution in [0.25, 0.3) is 0 Å². The second kappa shape index (κ2) is 10.5. The van der Waals surface area contributed by atoms with E-state index in [1.165, 1.54) is 24.3 Å². The Morgan fingerprint density at radius 3 is 2.43 bits per heavy atom. The van der Waals surface area contributed by atoms with Gasteiger partial charge in [-0.1, -0.05) is 55.8 Å². The van der Waals surface area contributed by atoms with Gasteiger partial charge < -0.3 is 28.8 Å². The predicted molar refractivity (Wildman–Crippen MR) is 157 cm³/mol. The molecular formula is C35H43F3O8. The Labute approximate surface area is 266 Å². The predicted octanol–water partition coefficient (Wildman–Crippen LogP) is 5.18. The van der Waals surface area contributed by atoms with Gasteiger partial charge in [-0.05, 0) is 62.7 Å². The highest BCUT2D eigenvalue weighted by Gasteiger charge is 2.74. The molecule has 11 heteroatoms. The second-order valence-electron chi connectivity index (χ2n) is 14.8. The third-order valence-corrected chi connectivity index (χ3v) is 12.9. The van der Waals surface area contributed by atoms with Crippen LogP contribution in [0.1, 0.15) is 52.5 Å². The Morgan fingerprint density at radius 1 is 1.11 bits per heavy atom. The van der Waals surface area contributed by atoms with Crippen molar-refractivity contribution in [2.75, 3.05) is 14.2 Å². The van der Waals surface area contributed by atoms with Gasteiger partial charge in [0.1, 0.15) is 18.1 Å². The lowest BCUT2D eigenvalue weighted by Gasteiger charge is -2.58. The van der Waals surface area contributed by atoms with Crippen LogP contribution >= 0.6 is 0 Å². The maximum Gasteiger partial charge on any atom is 0.432 e. The van der Waals surface area contributed by atoms with E-state index in [2.05, 4.69) is 6.92 Å². The van der Waals surface area contributed by atoms with E-state index >= 15 is 0 Å². The summed E-state index contributed by atoms with van der Waals surface area (Å²) in [4.78, 5) is 27.4. The van der Waals surface area contributed by atoms with Crippen molar-refractivity contribution in [3.8, 4) is 0 Å². The zero-order valence-electron chi connectivity index (χ0n) is 27.0. The molecule has 3 aliphatic carbocycles. The van der Waals surface area contributed by atoms with Crippen molar-refractivity contribution in [3.63, 3.8) is 0 Å². The third-order valence-electron chi connectivity index (χ3n) is 12.9. The topological polar surface area (TPSA) is 101 Å². The number of halogens is 3. The van der Waals surface area contributed by atoms with E-state index in [-0.39, 0.29) is 47.2 Å². The van der Waals surface area contributed by atoms with E-state index in [4.69, 9.17) is 23.7 Å². The number of carbonyl (C=O) groups is 2. The summed E-state index contributed by atoms with van der Waals surface area (Å²) in [5.74, 6) is -5.79. The van der Waals surface area contributed by atoms with Gasteiger partial charge in [-0.15, -0.1) is 0 Å². The molecule has 2 saturated carbocycles. The van der Waals surface area contributed by atoms with E-state index in [0.29, 0.717) is 19.3 Å². The van der Waals surface area contributed by atoms with E-state index in [0.717, 1.165) is 12.7 Å². The van der Waals surface area contributed by atoms with Crippen molar-refractivity contribution < 1.29 is 51.6 Å². The molecule has 3 aliphatic heterocycles. The van der Waals surface area contributed by atoms with Crippen molar-refractivity contribution >= 4 is 11.9 Å². The number of aliphatic hydroxyl groups is 1. The number of hydrogen-bond donors (Lipinski definition) is 1. The molecule has 3 saturated heterocycles. The van der Waals surface area contributed by atoms with Gasteiger partial charge in [0.15, 0.2) is 5.79 Å². The smallest absolute Gasteiger partial charge is 0.432 e. The minimum atomic E-state index is -5.11. The molecule has 7 rings (SSSR count). The molecule has 46 heavy (non-hydrogen) atoms. The van der Waals surface area contributed by atoms with Crippen LogP contribution in [0, 0.1) is 53.3 Å². The van der Waals surface area contributed by atoms with Gasteiger partial charge in [0.2, 0.25) is 0 Å². The highest BCUT2D eigenvalue weighted by molar-refractivity contribution is 5.83. The molecule has 0 radical (unpaired) electrons. The minimum absolute atomic E-state index is 0.0415. The zero-order chi connectivity index (χ0) is 33.1. The number of hydrogen-bond acceptors (Lipinski definition) is 8. The Bertz CT molecular complexity index is 1430. The monoisotopic (exact) mass is 648 g/mol. The Kier molecular flexibility index (Phi) is 7.34. The molecular weight excluding hydrogens is 605 g/mol. The van der Waals surface area contributed by atoms with Crippen LogP contribution in [-0.2, 0) is 38.9 Å². The fourth-order valence-electron chi connectivity index (χ4n) is 11.0. The molecule has 0 spiro atoms. The first-order chi connectivity index (χ1) is 21.7. The number of allylic oxidation sites excluding steroid dienone is 1. The standard InChI is InChI=1S/C35H43F3O8/c1-16-14-21-25(28(39)17(2)29(21)45-31(41)33(42-5,35(36,37)38)19-10-8-7-9-11-19)20-15-22-26(24(16)20)32(4)13-12-23-18(3)34(43-6,46-32)27(22)30(40)44-23/h7-11,14,17-18,20-29,39H,12-13,15H2,1-6H3/t17-,18-,20+,21-,22+,23-,24+,25-,26+,27+,28-,29+,32-,33+,34-/m1/s1. The Hall–Kier alpha value is -2.47. The lowest BCUT2D eigenvalue weighted by atomic mass is 9.61. The number of carbonyl (C=O) groups excluding carboxylic acids is 2. The molecule has 5 fully saturated rings. The summed E-state index contributed by atoms with van der Waals surface area (Å²) < 4.78 is 74.1. The lowest BCUT2D eigenvalue weighted by Crippen LogP contribution is -2.68. The molecule has 1 N–H and O–H groups in total. The average molecular weight is 649 g/mol. The molecule has 0 amide bonds. The van der Waals surface area contributed by atoms with E-state index in [1.54, 1.807) is 20.1 Å². The van der Waals surface area contributed by atoms with Gasteiger partial charge in [-0.3, -0.25) is 4.79 Å². The summed E-state index contributed by atoms with van der Waals surface area (Å²) in [7, 11) is 2.44. The second-order valence-corrected chi connectivity index (χ2v) is 14.8. The van der Waals surface area contributed by atoms with E-state index < -0.39 is 65.0 Å². The molecule has 8 nitrogen and oxygen atoms in total. The van der Waals surface area contributed by atoms with Gasteiger partial charge in [0.25, 0.3) is 5.60 Å². The minimum Gasteiger partial charge on any atom is -0.461 e. The number of methoxy groups -OCH3 is 2. The molecule has 0 aromatic heterocycles. The highest BCUT2D eigenvalue weighted by atomic mass is 19.4. The fourth-order valence-corrected chi connectivity index (χ4v) is 11.0. The number of fused-ring (bicyclic) bond motifs is 9. The number of ether oxygens (including phenoxy) is 5. The van der Waals surface area contributed by atoms with Gasteiger partial charge in [0, 0.05) is 37.5 Å². The van der Waals surface area contributed by atoms with Crippen LogP contribution in [0.3, 0.4) is 0 Å². The van der Waals surface area contributed by atoms with Crippen molar-refractivity contribution in [3.05, 3.63) is 47.5 Å². The molecule has 3 bridgehead atoms. The van der Waals surface area contributed by atoms with Crippen molar-refractivity contribution in [1.82, 2.24) is 0 Å². The first-order valence-electron chi connectivity index (χ1n) is 16.4. The number of rotatable bonds is 5. The molecule has 3 heterocycles. The summed E-state index contributed by atoms with van der Waals surface area (Å²) in [6.07, 6.45) is -3.49. The average Bonchev–Trinajstić information content (AvgIpc) is 3.51. The van der Waals surface area contributed by atoms with Crippen molar-refractivity contribution in [1.29, 1.82) is 0 Å². The molecule has 15 atom stereocenters. The number of esters is 2. The largest absolute Gasteiger partial charge is 0.461 e. The normalized spacial score (nSPS) is 47.1. The number of aliphatic hydroxyl groups excluding tert-OH is 1. The summed E-state index contributed by atoms with van der Waals surface area (Å²) in [5, 5.41) is 11.8. The summed E-state index contributed by atoms with van der Waals surface area (Å²) >= 11 is 0. The maximum absolute atomic E-state index is 14.7. The molecule has 1 aromatic carbocycles. The van der Waals surface area contributed by atoms with Crippen LogP contribution < -0.4 is 0 Å². The Morgan fingerprint density at radius 2 is 1.80 bits per heavy atom. The molecule has 0 unspecified atom stereocenters. The first kappa shape index (κ1) is 32.1. The van der Waals surface area contributed by atoms with Crippen LogP contribution in [0.5, 0.6) is 0 Å². The molecule has 6 aliphatic rings. The molecule has 252 valence electrons. The van der Waals surface area contributed by atoms with Gasteiger partial charge in [-0.25, -0.2) is 4.79 Å². The third kappa shape index (κ3) is 4.00. The van der Waals surface area contributed by atoms with Crippen molar-refractivity contribution in [2.24, 2.45) is 53.3 Å². The number of benzene rings is 1. The first-order valence-corrected chi connectivity index (χ1v) is 16.4. The number of alkyl halides is 3. The van der Waals surface area contributed by atoms with Gasteiger partial charge >= 0.3 is 18.1 Å². The summed E-state index contributed by atoms with van der Waals surface area (Å²) in [5.41, 5.74) is -3.34.